The van der Waals surface area contributed by atoms with Crippen molar-refractivity contribution in [3.63, 3.8) is 0 Å². The monoisotopic (exact) mass is 413 g/mol. The molecule has 0 fully saturated rings. The molecule has 0 saturated heterocycles. The number of amides is 1. The van der Waals surface area contributed by atoms with Crippen LogP contribution in [0.25, 0.3) is 16.9 Å². The standard InChI is InChI=1S/C20H14F3N5O2/c1-12-5-4-9-24-17(12)27-19(29)14-11-25-28-10-8-15(26-18(14)28)13-6-2-3-7-16(13)30-20(21,22)23/h2-11H,1H3,(H,24,27,29). The van der Waals surface area contributed by atoms with E-state index >= 15 is 0 Å². The highest BCUT2D eigenvalue weighted by Gasteiger charge is 2.32. The SMILES string of the molecule is Cc1cccnc1NC(=O)c1cnn2ccc(-c3ccccc3OC(F)(F)F)nc12. The maximum absolute atomic E-state index is 12.7. The number of hydrogen-bond acceptors (Lipinski definition) is 5. The number of halogens is 3. The van der Waals surface area contributed by atoms with E-state index < -0.39 is 18.0 Å². The molecule has 10 heteroatoms. The summed E-state index contributed by atoms with van der Waals surface area (Å²) in [4.78, 5) is 21.2. The molecule has 0 aliphatic carbocycles. The van der Waals surface area contributed by atoms with Crippen LogP contribution in [0.4, 0.5) is 19.0 Å². The van der Waals surface area contributed by atoms with Crippen LogP contribution in [-0.4, -0.2) is 31.9 Å². The van der Waals surface area contributed by atoms with E-state index in [-0.39, 0.29) is 22.5 Å². The molecule has 0 unspecified atom stereocenters. The van der Waals surface area contributed by atoms with Gasteiger partial charge in [-0.05, 0) is 36.8 Å². The zero-order valence-corrected chi connectivity index (χ0v) is 15.5. The predicted molar refractivity (Wildman–Crippen MR) is 102 cm³/mol. The van der Waals surface area contributed by atoms with Gasteiger partial charge in [-0.15, -0.1) is 13.2 Å². The first-order chi connectivity index (χ1) is 14.3. The van der Waals surface area contributed by atoms with Crippen LogP contribution in [0.1, 0.15) is 15.9 Å². The van der Waals surface area contributed by atoms with E-state index in [0.29, 0.717) is 5.82 Å². The van der Waals surface area contributed by atoms with Crippen LogP contribution >= 0.6 is 0 Å². The van der Waals surface area contributed by atoms with Gasteiger partial charge in [0, 0.05) is 18.0 Å². The lowest BCUT2D eigenvalue weighted by atomic mass is 10.1. The fourth-order valence-electron chi connectivity index (χ4n) is 2.86. The third-order valence-electron chi connectivity index (χ3n) is 4.24. The number of carbonyl (C=O) groups excluding carboxylic acids is 1. The molecule has 152 valence electrons. The van der Waals surface area contributed by atoms with Crippen LogP contribution in [0.5, 0.6) is 5.75 Å². The number of benzene rings is 1. The number of hydrogen-bond donors (Lipinski definition) is 1. The average Bonchev–Trinajstić information content (AvgIpc) is 3.12. The molecule has 1 amide bonds. The second-order valence-corrected chi connectivity index (χ2v) is 6.31. The number of alkyl halides is 3. The maximum Gasteiger partial charge on any atom is 0.573 e. The molecular weight excluding hydrogens is 399 g/mol. The maximum atomic E-state index is 12.7. The number of ether oxygens (including phenoxy) is 1. The smallest absolute Gasteiger partial charge is 0.405 e. The van der Waals surface area contributed by atoms with Gasteiger partial charge in [0.2, 0.25) is 0 Å². The van der Waals surface area contributed by atoms with Gasteiger partial charge in [0.1, 0.15) is 17.1 Å². The number of para-hydroxylation sites is 1. The Morgan fingerprint density at radius 3 is 2.70 bits per heavy atom. The van der Waals surface area contributed by atoms with Crippen molar-refractivity contribution in [1.82, 2.24) is 19.6 Å². The molecule has 0 aliphatic rings. The zero-order valence-electron chi connectivity index (χ0n) is 15.5. The van der Waals surface area contributed by atoms with Gasteiger partial charge in [0.25, 0.3) is 5.91 Å². The minimum absolute atomic E-state index is 0.130. The summed E-state index contributed by atoms with van der Waals surface area (Å²) < 4.78 is 43.7. The number of aromatic nitrogens is 4. The Morgan fingerprint density at radius 1 is 1.13 bits per heavy atom. The number of rotatable bonds is 4. The number of nitrogens with one attached hydrogen (secondary N) is 1. The molecule has 3 heterocycles. The first kappa shape index (κ1) is 19.4. The summed E-state index contributed by atoms with van der Waals surface area (Å²) in [6.07, 6.45) is -0.461. The molecule has 0 saturated carbocycles. The van der Waals surface area contributed by atoms with Crippen molar-refractivity contribution in [2.45, 2.75) is 13.3 Å². The van der Waals surface area contributed by atoms with Crippen molar-refractivity contribution in [3.8, 4) is 17.0 Å². The number of aryl methyl sites for hydroxylation is 1. The minimum Gasteiger partial charge on any atom is -0.405 e. The lowest BCUT2D eigenvalue weighted by Crippen LogP contribution is -2.17. The van der Waals surface area contributed by atoms with E-state index in [2.05, 4.69) is 25.1 Å². The largest absolute Gasteiger partial charge is 0.573 e. The van der Waals surface area contributed by atoms with E-state index in [0.717, 1.165) is 5.56 Å². The molecule has 1 aromatic carbocycles. The van der Waals surface area contributed by atoms with Crippen LogP contribution in [0.3, 0.4) is 0 Å². The molecule has 4 rings (SSSR count). The summed E-state index contributed by atoms with van der Waals surface area (Å²) >= 11 is 0. The summed E-state index contributed by atoms with van der Waals surface area (Å²) in [7, 11) is 0. The third kappa shape index (κ3) is 3.93. The van der Waals surface area contributed by atoms with Gasteiger partial charge in [0.05, 0.1) is 11.9 Å². The molecule has 4 aromatic rings. The highest BCUT2D eigenvalue weighted by Crippen LogP contribution is 2.33. The molecule has 30 heavy (non-hydrogen) atoms. The number of fused-ring (bicyclic) bond motifs is 1. The van der Waals surface area contributed by atoms with Crippen molar-refractivity contribution in [3.05, 3.63) is 72.2 Å². The highest BCUT2D eigenvalue weighted by molar-refractivity contribution is 6.08. The Balaban J connectivity index is 1.73. The van der Waals surface area contributed by atoms with Gasteiger partial charge in [-0.25, -0.2) is 14.5 Å². The Bertz CT molecular complexity index is 1240. The average molecular weight is 413 g/mol. The van der Waals surface area contributed by atoms with E-state index in [4.69, 9.17) is 0 Å². The Kier molecular flexibility index (Phi) is 4.82. The lowest BCUT2D eigenvalue weighted by molar-refractivity contribution is -0.274. The zero-order chi connectivity index (χ0) is 21.3. The first-order valence-corrected chi connectivity index (χ1v) is 8.74. The van der Waals surface area contributed by atoms with Crippen molar-refractivity contribution >= 4 is 17.4 Å². The van der Waals surface area contributed by atoms with Crippen molar-refractivity contribution in [2.75, 3.05) is 5.32 Å². The van der Waals surface area contributed by atoms with Crippen LogP contribution in [0.2, 0.25) is 0 Å². The summed E-state index contributed by atoms with van der Waals surface area (Å²) in [6, 6.07) is 10.7. The van der Waals surface area contributed by atoms with Gasteiger partial charge in [-0.1, -0.05) is 18.2 Å². The molecule has 0 radical (unpaired) electrons. The Labute approximate surface area is 168 Å². The van der Waals surface area contributed by atoms with Crippen molar-refractivity contribution in [1.29, 1.82) is 0 Å². The molecule has 0 aliphatic heterocycles. The number of anilines is 1. The number of carbonyl (C=O) groups is 1. The quantitative estimate of drug-likeness (QED) is 0.541. The molecule has 7 nitrogen and oxygen atoms in total. The van der Waals surface area contributed by atoms with Gasteiger partial charge in [0.15, 0.2) is 5.65 Å². The molecular formula is C20H14F3N5O2. The fraction of sp³-hybridized carbons (Fsp3) is 0.100. The second-order valence-electron chi connectivity index (χ2n) is 6.31. The third-order valence-corrected chi connectivity index (χ3v) is 4.24. The topological polar surface area (TPSA) is 81.4 Å². The molecule has 0 bridgehead atoms. The van der Waals surface area contributed by atoms with Crippen molar-refractivity contribution in [2.24, 2.45) is 0 Å². The van der Waals surface area contributed by atoms with E-state index in [1.165, 1.54) is 41.2 Å². The molecule has 1 N–H and O–H groups in total. The Hall–Kier alpha value is -3.95. The summed E-state index contributed by atoms with van der Waals surface area (Å²) in [5.41, 5.74) is 1.43. The second kappa shape index (κ2) is 7.47. The number of nitrogens with zero attached hydrogens (tertiary/aromatic N) is 4. The van der Waals surface area contributed by atoms with Crippen molar-refractivity contribution < 1.29 is 22.7 Å². The summed E-state index contributed by atoms with van der Waals surface area (Å²) in [5, 5.41) is 6.77. The van der Waals surface area contributed by atoms with Crippen LogP contribution < -0.4 is 10.1 Å². The highest BCUT2D eigenvalue weighted by atomic mass is 19.4. The van der Waals surface area contributed by atoms with Crippen LogP contribution in [-0.2, 0) is 0 Å². The summed E-state index contributed by atoms with van der Waals surface area (Å²) in [5.74, 6) is -0.491. The normalized spacial score (nSPS) is 11.5. The van der Waals surface area contributed by atoms with Gasteiger partial charge in [-0.2, -0.15) is 5.10 Å². The van der Waals surface area contributed by atoms with E-state index in [1.54, 1.807) is 31.3 Å². The molecule has 3 aromatic heterocycles. The fourth-order valence-corrected chi connectivity index (χ4v) is 2.86. The molecule has 0 spiro atoms. The predicted octanol–water partition coefficient (Wildman–Crippen LogP) is 4.25. The Morgan fingerprint density at radius 2 is 1.93 bits per heavy atom. The van der Waals surface area contributed by atoms with Gasteiger partial charge in [-0.3, -0.25) is 4.79 Å². The van der Waals surface area contributed by atoms with E-state index in [1.807, 2.05) is 0 Å². The van der Waals surface area contributed by atoms with E-state index in [9.17, 15) is 18.0 Å². The first-order valence-electron chi connectivity index (χ1n) is 8.74. The number of pyridine rings is 1. The minimum atomic E-state index is -4.84. The van der Waals surface area contributed by atoms with Crippen LogP contribution in [0.15, 0.2) is 61.1 Å². The van der Waals surface area contributed by atoms with Gasteiger partial charge >= 0.3 is 6.36 Å². The van der Waals surface area contributed by atoms with Crippen LogP contribution in [0, 0.1) is 6.92 Å². The molecule has 0 atom stereocenters. The lowest BCUT2D eigenvalue weighted by Gasteiger charge is -2.13. The summed E-state index contributed by atoms with van der Waals surface area (Å²) in [6.45, 7) is 1.80. The van der Waals surface area contributed by atoms with Gasteiger partial charge < -0.3 is 10.1 Å².